The Balaban J connectivity index is 0.00000562. The van der Waals surface area contributed by atoms with E-state index in [-0.39, 0.29) is 31.9 Å². The van der Waals surface area contributed by atoms with Crippen molar-refractivity contribution in [1.82, 2.24) is 9.55 Å². The second-order valence-corrected chi connectivity index (χ2v) is 19.9. The summed E-state index contributed by atoms with van der Waals surface area (Å²) in [6.45, 7) is 20.3. The SMILES string of the molecule is CC(C)(C)c1cc(-c2ccccc2)cc(N2C=C(c3ccccc3)N(c3[c-]c(Oc4[c-]c5c(c(C(C)(C)c6ccccc6)c4)c4ccccc4n5-c4cc(C(C)(C)C)ccn4)ccc3)[CH-]2)c1.[Pt]. The van der Waals surface area contributed by atoms with Gasteiger partial charge in [-0.1, -0.05) is 182 Å². The number of benzene rings is 7. The molecule has 5 nitrogen and oxygen atoms in total. The van der Waals surface area contributed by atoms with Gasteiger partial charge in [-0.25, -0.2) is 4.98 Å². The third-order valence-corrected chi connectivity index (χ3v) is 12.9. The smallest absolute Gasteiger partial charge is 0.135 e. The number of fused-ring (bicyclic) bond motifs is 3. The molecular formula is C61H55N4OPt-3. The number of aromatic nitrogens is 2. The summed E-state index contributed by atoms with van der Waals surface area (Å²) < 4.78 is 9.23. The Morgan fingerprint density at radius 1 is 0.552 bits per heavy atom. The van der Waals surface area contributed by atoms with Gasteiger partial charge in [0.1, 0.15) is 5.82 Å². The predicted octanol–water partition coefficient (Wildman–Crippen LogP) is 15.6. The Labute approximate surface area is 410 Å². The number of anilines is 2. The maximum Gasteiger partial charge on any atom is 0.135 e. The third kappa shape index (κ3) is 8.86. The molecule has 0 unspecified atom stereocenters. The van der Waals surface area contributed by atoms with Gasteiger partial charge in [0.15, 0.2) is 0 Å². The van der Waals surface area contributed by atoms with E-state index in [0.717, 1.165) is 55.8 Å². The Bertz CT molecular complexity index is 3250. The fourth-order valence-corrected chi connectivity index (χ4v) is 9.11. The fourth-order valence-electron chi connectivity index (χ4n) is 9.11. The molecule has 0 radical (unpaired) electrons. The van der Waals surface area contributed by atoms with E-state index in [4.69, 9.17) is 9.72 Å². The molecule has 0 spiro atoms. The minimum absolute atomic E-state index is 0. The number of hydrogen-bond donors (Lipinski definition) is 0. The maximum atomic E-state index is 6.98. The van der Waals surface area contributed by atoms with Crippen LogP contribution in [-0.2, 0) is 37.3 Å². The van der Waals surface area contributed by atoms with Gasteiger partial charge in [-0.15, -0.1) is 48.3 Å². The van der Waals surface area contributed by atoms with Gasteiger partial charge in [-0.2, -0.15) is 6.07 Å². The predicted molar refractivity (Wildman–Crippen MR) is 274 cm³/mol. The van der Waals surface area contributed by atoms with Crippen LogP contribution in [0.3, 0.4) is 0 Å². The first-order valence-electron chi connectivity index (χ1n) is 22.9. The summed E-state index contributed by atoms with van der Waals surface area (Å²) in [5.74, 6) is 2.03. The molecule has 0 bridgehead atoms. The molecule has 10 rings (SSSR count). The normalized spacial score (nSPS) is 13.2. The van der Waals surface area contributed by atoms with E-state index >= 15 is 0 Å². The second kappa shape index (κ2) is 17.8. The first kappa shape index (κ1) is 45.5. The Morgan fingerprint density at radius 2 is 1.21 bits per heavy atom. The summed E-state index contributed by atoms with van der Waals surface area (Å²) in [5, 5.41) is 2.27. The summed E-state index contributed by atoms with van der Waals surface area (Å²) >= 11 is 0. The minimum Gasteiger partial charge on any atom is -0.509 e. The van der Waals surface area contributed by atoms with Crippen LogP contribution in [0.1, 0.15) is 83.2 Å². The molecule has 9 aromatic rings. The van der Waals surface area contributed by atoms with Gasteiger partial charge >= 0.3 is 0 Å². The molecule has 338 valence electrons. The quantitative estimate of drug-likeness (QED) is 0.135. The van der Waals surface area contributed by atoms with E-state index < -0.39 is 5.41 Å². The average molecular weight is 1060 g/mol. The standard InChI is InChI=1S/C61H55N4O.Pt/c1-59(2,3)46-31-32-62-57(36-46)65-54-30-19-18-29-52(54)58-53(61(7,8)45-25-16-11-17-26-45)38-51(39-55(58)65)66-50-28-20-27-48(37-50)64-41-63(40-56(64)43-23-14-10-15-24-43)49-34-44(42-21-12-9-13-22-42)33-47(35-49)60(4,5)6;/h9-36,38,40-41H,1-8H3;/q-3;. The zero-order chi connectivity index (χ0) is 45.8. The number of rotatable bonds is 9. The summed E-state index contributed by atoms with van der Waals surface area (Å²) in [6.07, 6.45) is 4.14. The molecule has 0 N–H and O–H groups in total. The molecule has 0 aliphatic carbocycles. The van der Waals surface area contributed by atoms with E-state index in [1.54, 1.807) is 0 Å². The molecule has 3 heterocycles. The first-order valence-corrected chi connectivity index (χ1v) is 22.9. The van der Waals surface area contributed by atoms with E-state index in [0.29, 0.717) is 11.5 Å². The molecule has 0 amide bonds. The second-order valence-electron chi connectivity index (χ2n) is 19.9. The monoisotopic (exact) mass is 1050 g/mol. The van der Waals surface area contributed by atoms with Crippen LogP contribution in [0.5, 0.6) is 11.5 Å². The van der Waals surface area contributed by atoms with Crippen LogP contribution in [0.15, 0.2) is 182 Å². The molecule has 0 atom stereocenters. The maximum absolute atomic E-state index is 6.98. The van der Waals surface area contributed by atoms with Crippen LogP contribution in [0.2, 0.25) is 0 Å². The molecule has 1 aliphatic rings. The number of pyridine rings is 1. The zero-order valence-electron chi connectivity index (χ0n) is 39.4. The van der Waals surface area contributed by atoms with Crippen molar-refractivity contribution in [1.29, 1.82) is 0 Å². The van der Waals surface area contributed by atoms with Crippen LogP contribution in [-0.4, -0.2) is 9.55 Å². The number of hydrogen-bond acceptors (Lipinski definition) is 4. The van der Waals surface area contributed by atoms with Crippen LogP contribution >= 0.6 is 0 Å². The molecule has 1 aliphatic heterocycles. The van der Waals surface area contributed by atoms with Crippen LogP contribution < -0.4 is 14.5 Å². The zero-order valence-corrected chi connectivity index (χ0v) is 41.7. The van der Waals surface area contributed by atoms with Gasteiger partial charge in [0.05, 0.1) is 0 Å². The molecule has 7 aromatic carbocycles. The van der Waals surface area contributed by atoms with Gasteiger partial charge < -0.3 is 19.1 Å². The molecule has 0 saturated heterocycles. The molecule has 2 aromatic heterocycles. The van der Waals surface area contributed by atoms with Gasteiger partial charge in [0.2, 0.25) is 0 Å². The van der Waals surface area contributed by atoms with Crippen molar-refractivity contribution in [3.63, 3.8) is 0 Å². The Morgan fingerprint density at radius 3 is 1.91 bits per heavy atom. The topological polar surface area (TPSA) is 33.5 Å². The van der Waals surface area contributed by atoms with Crippen molar-refractivity contribution in [2.24, 2.45) is 0 Å². The fraction of sp³-hybridized carbons (Fsp3) is 0.180. The molecule has 6 heteroatoms. The third-order valence-electron chi connectivity index (χ3n) is 12.9. The van der Waals surface area contributed by atoms with Crippen molar-refractivity contribution in [3.8, 4) is 28.4 Å². The van der Waals surface area contributed by atoms with Gasteiger partial charge in [-0.3, -0.25) is 0 Å². The summed E-state index contributed by atoms with van der Waals surface area (Å²) in [7, 11) is 0. The molecular weight excluding hydrogens is 1000 g/mol. The van der Waals surface area contributed by atoms with Crippen molar-refractivity contribution in [2.75, 3.05) is 9.80 Å². The van der Waals surface area contributed by atoms with E-state index in [9.17, 15) is 0 Å². The Kier molecular flexibility index (Phi) is 12.1. The molecule has 0 saturated carbocycles. The van der Waals surface area contributed by atoms with E-state index in [2.05, 4.69) is 252 Å². The Hall–Kier alpha value is -6.68. The van der Waals surface area contributed by atoms with Crippen LogP contribution in [0, 0.1) is 18.8 Å². The van der Waals surface area contributed by atoms with Crippen molar-refractivity contribution in [3.05, 3.63) is 229 Å². The summed E-state index contributed by atoms with van der Waals surface area (Å²) in [6, 6.07) is 67.5. The molecule has 0 fully saturated rings. The van der Waals surface area contributed by atoms with Gasteiger partial charge in [-0.05, 0) is 91.5 Å². The number of nitrogens with zero attached hydrogens (tertiary/aromatic N) is 4. The van der Waals surface area contributed by atoms with Crippen molar-refractivity contribution < 1.29 is 25.8 Å². The van der Waals surface area contributed by atoms with Crippen molar-refractivity contribution in [2.45, 2.75) is 71.6 Å². The average Bonchev–Trinajstić information content (AvgIpc) is 3.92. The van der Waals surface area contributed by atoms with Crippen molar-refractivity contribution >= 4 is 38.9 Å². The number of ether oxygens (including phenoxy) is 1. The van der Waals surface area contributed by atoms with E-state index in [1.165, 1.54) is 27.8 Å². The summed E-state index contributed by atoms with van der Waals surface area (Å²) in [5.41, 5.74) is 12.7. The molecule has 67 heavy (non-hydrogen) atoms. The van der Waals surface area contributed by atoms with Gasteiger partial charge in [0, 0.05) is 55.7 Å². The minimum atomic E-state index is -0.401. The van der Waals surface area contributed by atoms with Crippen LogP contribution in [0.25, 0.3) is 44.4 Å². The van der Waals surface area contributed by atoms with Crippen LogP contribution in [0.4, 0.5) is 11.4 Å². The number of para-hydroxylation sites is 1. The largest absolute Gasteiger partial charge is 0.509 e. The summed E-state index contributed by atoms with van der Waals surface area (Å²) in [4.78, 5) is 9.42. The van der Waals surface area contributed by atoms with E-state index in [1.807, 2.05) is 18.3 Å². The first-order chi connectivity index (χ1) is 31.7. The van der Waals surface area contributed by atoms with Gasteiger partial charge in [0.25, 0.3) is 0 Å².